The lowest BCUT2D eigenvalue weighted by Crippen LogP contribution is -2.42. The highest BCUT2D eigenvalue weighted by atomic mass is 16.6. The molecule has 0 aliphatic carbocycles. The van der Waals surface area contributed by atoms with Crippen LogP contribution in [-0.2, 0) is 4.74 Å². The zero-order valence-electron chi connectivity index (χ0n) is 18.5. The molecule has 164 valence electrons. The van der Waals surface area contributed by atoms with Gasteiger partial charge in [0.15, 0.2) is 5.65 Å². The van der Waals surface area contributed by atoms with Gasteiger partial charge in [0.05, 0.1) is 24.9 Å². The summed E-state index contributed by atoms with van der Waals surface area (Å²) in [6.07, 6.45) is 5.33. The van der Waals surface area contributed by atoms with Gasteiger partial charge in [-0.25, -0.2) is 14.3 Å². The highest BCUT2D eigenvalue weighted by Gasteiger charge is 2.32. The number of carbonyl (C=O) groups excluding carboxylic acids is 1. The van der Waals surface area contributed by atoms with Gasteiger partial charge in [0, 0.05) is 24.8 Å². The first-order chi connectivity index (χ1) is 14.9. The van der Waals surface area contributed by atoms with Crippen molar-refractivity contribution in [3.63, 3.8) is 0 Å². The topological polar surface area (TPSA) is 81.0 Å². The number of amides is 1. The molecule has 2 aromatic heterocycles. The summed E-state index contributed by atoms with van der Waals surface area (Å²) in [7, 11) is 1.66. The van der Waals surface area contributed by atoms with E-state index in [0.29, 0.717) is 13.1 Å². The van der Waals surface area contributed by atoms with Gasteiger partial charge in [-0.2, -0.15) is 5.10 Å². The fourth-order valence-electron chi connectivity index (χ4n) is 3.86. The molecule has 31 heavy (non-hydrogen) atoms. The third kappa shape index (κ3) is 4.57. The number of ether oxygens (including phenoxy) is 2. The molecule has 4 rings (SSSR count). The summed E-state index contributed by atoms with van der Waals surface area (Å²) < 4.78 is 12.8. The van der Waals surface area contributed by atoms with Crippen LogP contribution in [0.2, 0.25) is 0 Å². The predicted molar refractivity (Wildman–Crippen MR) is 119 cm³/mol. The highest BCUT2D eigenvalue weighted by Crippen LogP contribution is 2.32. The molecule has 8 heteroatoms. The van der Waals surface area contributed by atoms with Gasteiger partial charge in [-0.3, -0.25) is 0 Å². The largest absolute Gasteiger partial charge is 0.496 e. The first-order valence-corrected chi connectivity index (χ1v) is 10.6. The molecule has 1 aliphatic heterocycles. The Kier molecular flexibility index (Phi) is 5.71. The Morgan fingerprint density at radius 3 is 2.81 bits per heavy atom. The molecule has 8 nitrogen and oxygen atoms in total. The van der Waals surface area contributed by atoms with Gasteiger partial charge in [-0.1, -0.05) is 18.2 Å². The predicted octanol–water partition coefficient (Wildman–Crippen LogP) is 4.22. The van der Waals surface area contributed by atoms with Gasteiger partial charge in [-0.05, 0) is 45.7 Å². The van der Waals surface area contributed by atoms with Crippen molar-refractivity contribution in [2.24, 2.45) is 0 Å². The maximum Gasteiger partial charge on any atom is 0.410 e. The lowest BCUT2D eigenvalue weighted by Gasteiger charge is -2.28. The Hall–Kier alpha value is -3.29. The number of carbonyl (C=O) groups is 1. The normalized spacial score (nSPS) is 16.5. The third-order valence-electron chi connectivity index (χ3n) is 5.29. The molecule has 1 aliphatic rings. The van der Waals surface area contributed by atoms with Crippen LogP contribution in [0.1, 0.15) is 33.6 Å². The zero-order chi connectivity index (χ0) is 22.0. The van der Waals surface area contributed by atoms with E-state index in [2.05, 4.69) is 10.4 Å². The van der Waals surface area contributed by atoms with Gasteiger partial charge >= 0.3 is 6.09 Å². The van der Waals surface area contributed by atoms with Crippen molar-refractivity contribution in [2.45, 2.75) is 45.3 Å². The number of anilines is 1. The van der Waals surface area contributed by atoms with Crippen molar-refractivity contribution in [1.29, 1.82) is 0 Å². The van der Waals surface area contributed by atoms with Gasteiger partial charge in [0.25, 0.3) is 0 Å². The van der Waals surface area contributed by atoms with E-state index in [1.807, 2.05) is 62.2 Å². The number of hydrogen-bond donors (Lipinski definition) is 1. The van der Waals surface area contributed by atoms with Crippen LogP contribution in [0.5, 0.6) is 5.75 Å². The first-order valence-electron chi connectivity index (χ1n) is 10.6. The molecule has 0 radical (unpaired) electrons. The van der Waals surface area contributed by atoms with E-state index in [4.69, 9.17) is 14.5 Å². The minimum Gasteiger partial charge on any atom is -0.496 e. The van der Waals surface area contributed by atoms with E-state index >= 15 is 0 Å². The average Bonchev–Trinajstić information content (AvgIpc) is 3.37. The molecule has 0 unspecified atom stereocenters. The molecular formula is C23H29N5O3. The van der Waals surface area contributed by atoms with Crippen LogP contribution in [-0.4, -0.2) is 57.4 Å². The standard InChI is InChI=1S/C23H29N5O3/c1-23(2,3)31-22(29)27-12-7-8-16(27)14-24-20-11-13-28-21(26-20)18(15-25-28)17-9-5-6-10-19(17)30-4/h5-6,9-11,13,15-16H,7-8,12,14H2,1-4H3,(H,24,26)/t16-/m0/s1. The molecule has 1 atom stereocenters. The SMILES string of the molecule is COc1ccccc1-c1cnn2ccc(NC[C@@H]3CCCN3C(=O)OC(C)(C)C)nc12. The summed E-state index contributed by atoms with van der Waals surface area (Å²) in [6.45, 7) is 6.99. The summed E-state index contributed by atoms with van der Waals surface area (Å²) in [5.74, 6) is 1.51. The molecule has 3 heterocycles. The van der Waals surface area contributed by atoms with E-state index in [0.717, 1.165) is 41.2 Å². The number of nitrogens with zero attached hydrogens (tertiary/aromatic N) is 4. The van der Waals surface area contributed by atoms with Crippen LogP contribution in [0.25, 0.3) is 16.8 Å². The van der Waals surface area contributed by atoms with Crippen LogP contribution in [0.15, 0.2) is 42.7 Å². The summed E-state index contributed by atoms with van der Waals surface area (Å²) in [6, 6.07) is 9.78. The van der Waals surface area contributed by atoms with Gasteiger partial charge < -0.3 is 19.7 Å². The van der Waals surface area contributed by atoms with Crippen molar-refractivity contribution in [3.8, 4) is 16.9 Å². The number of methoxy groups -OCH3 is 1. The Labute approximate surface area is 182 Å². The summed E-state index contributed by atoms with van der Waals surface area (Å²) in [5.41, 5.74) is 2.08. The Morgan fingerprint density at radius 2 is 2.03 bits per heavy atom. The third-order valence-corrected chi connectivity index (χ3v) is 5.29. The van der Waals surface area contributed by atoms with Crippen LogP contribution in [0, 0.1) is 0 Å². The number of rotatable bonds is 5. The minimum atomic E-state index is -0.499. The van der Waals surface area contributed by atoms with Crippen molar-refractivity contribution in [2.75, 3.05) is 25.5 Å². The monoisotopic (exact) mass is 423 g/mol. The molecule has 3 aromatic rings. The second-order valence-electron chi connectivity index (χ2n) is 8.69. The van der Waals surface area contributed by atoms with E-state index in [-0.39, 0.29) is 12.1 Å². The van der Waals surface area contributed by atoms with E-state index in [9.17, 15) is 4.79 Å². The van der Waals surface area contributed by atoms with E-state index < -0.39 is 5.60 Å². The quantitative estimate of drug-likeness (QED) is 0.662. The lowest BCUT2D eigenvalue weighted by molar-refractivity contribution is 0.0235. The number of aromatic nitrogens is 3. The molecular weight excluding hydrogens is 394 g/mol. The van der Waals surface area contributed by atoms with E-state index in [1.54, 1.807) is 17.8 Å². The van der Waals surface area contributed by atoms with Crippen molar-refractivity contribution >= 4 is 17.6 Å². The van der Waals surface area contributed by atoms with Crippen molar-refractivity contribution in [1.82, 2.24) is 19.5 Å². The molecule has 0 spiro atoms. The maximum atomic E-state index is 12.5. The molecule has 1 amide bonds. The zero-order valence-corrected chi connectivity index (χ0v) is 18.5. The number of likely N-dealkylation sites (tertiary alicyclic amines) is 1. The second-order valence-corrected chi connectivity index (χ2v) is 8.69. The Balaban J connectivity index is 1.51. The maximum absolute atomic E-state index is 12.5. The number of nitrogens with one attached hydrogen (secondary N) is 1. The first kappa shape index (κ1) is 21.0. The molecule has 1 fully saturated rings. The van der Waals surface area contributed by atoms with Crippen molar-refractivity contribution in [3.05, 3.63) is 42.7 Å². The summed E-state index contributed by atoms with van der Waals surface area (Å²) in [5, 5.41) is 7.81. The number of benzene rings is 1. The van der Waals surface area contributed by atoms with Crippen LogP contribution < -0.4 is 10.1 Å². The Bertz CT molecular complexity index is 1070. The Morgan fingerprint density at radius 1 is 1.23 bits per heavy atom. The van der Waals surface area contributed by atoms with Crippen molar-refractivity contribution < 1.29 is 14.3 Å². The molecule has 0 saturated carbocycles. The van der Waals surface area contributed by atoms with Crippen LogP contribution >= 0.6 is 0 Å². The number of para-hydroxylation sites is 1. The van der Waals surface area contributed by atoms with Gasteiger partial charge in [0.2, 0.25) is 0 Å². The van der Waals surface area contributed by atoms with Crippen LogP contribution in [0.3, 0.4) is 0 Å². The van der Waals surface area contributed by atoms with Gasteiger partial charge in [0.1, 0.15) is 17.2 Å². The number of hydrogen-bond acceptors (Lipinski definition) is 6. The smallest absolute Gasteiger partial charge is 0.410 e. The fraction of sp³-hybridized carbons (Fsp3) is 0.435. The molecule has 0 bridgehead atoms. The van der Waals surface area contributed by atoms with Gasteiger partial charge in [-0.15, -0.1) is 0 Å². The summed E-state index contributed by atoms with van der Waals surface area (Å²) in [4.78, 5) is 19.1. The summed E-state index contributed by atoms with van der Waals surface area (Å²) >= 11 is 0. The number of fused-ring (bicyclic) bond motifs is 1. The van der Waals surface area contributed by atoms with E-state index in [1.165, 1.54) is 0 Å². The molecule has 1 aromatic carbocycles. The lowest BCUT2D eigenvalue weighted by atomic mass is 10.1. The molecule has 1 N–H and O–H groups in total. The second kappa shape index (κ2) is 8.45. The van der Waals surface area contributed by atoms with Crippen LogP contribution in [0.4, 0.5) is 10.6 Å². The minimum absolute atomic E-state index is 0.0754. The average molecular weight is 424 g/mol. The highest BCUT2D eigenvalue weighted by molar-refractivity contribution is 5.81. The molecule has 1 saturated heterocycles. The fourth-order valence-corrected chi connectivity index (χ4v) is 3.86.